The average Bonchev–Trinajstić information content (AvgIpc) is 2.25. The Morgan fingerprint density at radius 3 is 2.71 bits per heavy atom. The summed E-state index contributed by atoms with van der Waals surface area (Å²) in [6.07, 6.45) is 2.89. The van der Waals surface area contributed by atoms with Crippen molar-refractivity contribution in [1.29, 1.82) is 0 Å². The van der Waals surface area contributed by atoms with Gasteiger partial charge in [-0.3, -0.25) is 4.79 Å². The topological polar surface area (TPSA) is 64.3 Å². The van der Waals surface area contributed by atoms with Gasteiger partial charge in [0, 0.05) is 12.6 Å². The molecule has 100 valence electrons. The SMILES string of the molecule is CCC1(C)CC(NC(C(N)=O)C(C)C)CCO1. The van der Waals surface area contributed by atoms with Gasteiger partial charge < -0.3 is 15.8 Å². The number of nitrogens with one attached hydrogen (secondary N) is 1. The molecule has 1 fully saturated rings. The fraction of sp³-hybridized carbons (Fsp3) is 0.923. The molecule has 3 atom stereocenters. The average molecular weight is 242 g/mol. The number of ether oxygens (including phenoxy) is 1. The molecule has 1 saturated heterocycles. The Morgan fingerprint density at radius 2 is 2.24 bits per heavy atom. The fourth-order valence-corrected chi connectivity index (χ4v) is 2.38. The monoisotopic (exact) mass is 242 g/mol. The van der Waals surface area contributed by atoms with E-state index in [1.54, 1.807) is 0 Å². The smallest absolute Gasteiger partial charge is 0.234 e. The molecule has 4 heteroatoms. The van der Waals surface area contributed by atoms with E-state index in [4.69, 9.17) is 10.5 Å². The van der Waals surface area contributed by atoms with Crippen molar-refractivity contribution in [3.63, 3.8) is 0 Å². The highest BCUT2D eigenvalue weighted by Gasteiger charge is 2.33. The Morgan fingerprint density at radius 1 is 1.59 bits per heavy atom. The van der Waals surface area contributed by atoms with Crippen LogP contribution in [-0.4, -0.2) is 30.2 Å². The van der Waals surface area contributed by atoms with Crippen molar-refractivity contribution in [1.82, 2.24) is 5.32 Å². The molecule has 0 saturated carbocycles. The van der Waals surface area contributed by atoms with Crippen LogP contribution in [0.3, 0.4) is 0 Å². The third-order valence-corrected chi connectivity index (χ3v) is 3.73. The molecule has 0 aliphatic carbocycles. The van der Waals surface area contributed by atoms with Gasteiger partial charge in [0.1, 0.15) is 0 Å². The van der Waals surface area contributed by atoms with Crippen LogP contribution in [0.4, 0.5) is 0 Å². The maximum Gasteiger partial charge on any atom is 0.234 e. The van der Waals surface area contributed by atoms with E-state index in [9.17, 15) is 4.79 Å². The number of amides is 1. The van der Waals surface area contributed by atoms with E-state index in [-0.39, 0.29) is 23.5 Å². The molecule has 0 aromatic heterocycles. The van der Waals surface area contributed by atoms with Crippen LogP contribution < -0.4 is 11.1 Å². The molecule has 1 amide bonds. The summed E-state index contributed by atoms with van der Waals surface area (Å²) in [6, 6.07) is 0.0906. The number of hydrogen-bond donors (Lipinski definition) is 2. The molecule has 1 aliphatic heterocycles. The molecule has 3 unspecified atom stereocenters. The molecule has 0 aromatic carbocycles. The van der Waals surface area contributed by atoms with Gasteiger partial charge >= 0.3 is 0 Å². The van der Waals surface area contributed by atoms with Gasteiger partial charge in [-0.05, 0) is 32.1 Å². The van der Waals surface area contributed by atoms with E-state index in [1.807, 2.05) is 13.8 Å². The summed E-state index contributed by atoms with van der Waals surface area (Å²) >= 11 is 0. The van der Waals surface area contributed by atoms with Crippen LogP contribution in [0.15, 0.2) is 0 Å². The lowest BCUT2D eigenvalue weighted by molar-refractivity contribution is -0.122. The van der Waals surface area contributed by atoms with E-state index in [1.165, 1.54) is 0 Å². The van der Waals surface area contributed by atoms with E-state index in [0.29, 0.717) is 6.04 Å². The maximum absolute atomic E-state index is 11.4. The summed E-state index contributed by atoms with van der Waals surface area (Å²) in [5, 5.41) is 3.39. The Balaban J connectivity index is 2.58. The lowest BCUT2D eigenvalue weighted by atomic mass is 9.88. The van der Waals surface area contributed by atoms with Gasteiger partial charge in [0.15, 0.2) is 0 Å². The minimum Gasteiger partial charge on any atom is -0.375 e. The highest BCUT2D eigenvalue weighted by molar-refractivity contribution is 5.80. The Kier molecular flexibility index (Phi) is 4.95. The van der Waals surface area contributed by atoms with Gasteiger partial charge in [-0.2, -0.15) is 0 Å². The number of carbonyl (C=O) groups excluding carboxylic acids is 1. The molecule has 1 heterocycles. The van der Waals surface area contributed by atoms with Crippen LogP contribution in [0.25, 0.3) is 0 Å². The minimum atomic E-state index is -0.260. The molecule has 4 nitrogen and oxygen atoms in total. The predicted molar refractivity (Wildman–Crippen MR) is 68.6 cm³/mol. The molecule has 17 heavy (non-hydrogen) atoms. The van der Waals surface area contributed by atoms with E-state index >= 15 is 0 Å². The number of nitrogens with two attached hydrogens (primary N) is 1. The third-order valence-electron chi connectivity index (χ3n) is 3.73. The van der Waals surface area contributed by atoms with Gasteiger partial charge in [-0.25, -0.2) is 0 Å². The zero-order valence-corrected chi connectivity index (χ0v) is 11.5. The fourth-order valence-electron chi connectivity index (χ4n) is 2.38. The van der Waals surface area contributed by atoms with Crippen LogP contribution in [0, 0.1) is 5.92 Å². The van der Waals surface area contributed by atoms with Gasteiger partial charge in [-0.15, -0.1) is 0 Å². The molecular formula is C13H26N2O2. The second-order valence-electron chi connectivity index (χ2n) is 5.63. The molecular weight excluding hydrogens is 216 g/mol. The number of primary amides is 1. The van der Waals surface area contributed by atoms with Gasteiger partial charge in [0.05, 0.1) is 11.6 Å². The predicted octanol–water partition coefficient (Wildman–Crippen LogP) is 1.43. The molecule has 1 aliphatic rings. The molecule has 3 N–H and O–H groups in total. The maximum atomic E-state index is 11.4. The van der Waals surface area contributed by atoms with Crippen molar-refractivity contribution >= 4 is 5.91 Å². The van der Waals surface area contributed by atoms with Crippen molar-refractivity contribution in [3.05, 3.63) is 0 Å². The van der Waals surface area contributed by atoms with E-state index < -0.39 is 0 Å². The van der Waals surface area contributed by atoms with Crippen molar-refractivity contribution in [3.8, 4) is 0 Å². The van der Waals surface area contributed by atoms with Crippen molar-refractivity contribution in [2.45, 2.75) is 64.6 Å². The van der Waals surface area contributed by atoms with Crippen LogP contribution in [0.5, 0.6) is 0 Å². The van der Waals surface area contributed by atoms with Crippen molar-refractivity contribution in [2.75, 3.05) is 6.61 Å². The first-order chi connectivity index (χ1) is 7.88. The first kappa shape index (κ1) is 14.5. The van der Waals surface area contributed by atoms with Gasteiger partial charge in [0.2, 0.25) is 5.91 Å². The van der Waals surface area contributed by atoms with Gasteiger partial charge in [-0.1, -0.05) is 20.8 Å². The second-order valence-corrected chi connectivity index (χ2v) is 5.63. The largest absolute Gasteiger partial charge is 0.375 e. The van der Waals surface area contributed by atoms with Crippen molar-refractivity contribution < 1.29 is 9.53 Å². The molecule has 0 bridgehead atoms. The molecule has 0 aromatic rings. The molecule has 1 rings (SSSR count). The Labute approximate surface area is 104 Å². The standard InChI is InChI=1S/C13H26N2O2/c1-5-13(4)8-10(6-7-17-13)15-11(9(2)3)12(14)16/h9-11,15H,5-8H2,1-4H3,(H2,14,16). The Hall–Kier alpha value is -0.610. The first-order valence-corrected chi connectivity index (χ1v) is 6.57. The Bertz CT molecular complexity index is 268. The second kappa shape index (κ2) is 5.83. The van der Waals surface area contributed by atoms with Gasteiger partial charge in [0.25, 0.3) is 0 Å². The third kappa shape index (κ3) is 3.96. The van der Waals surface area contributed by atoms with Crippen LogP contribution in [0.2, 0.25) is 0 Å². The van der Waals surface area contributed by atoms with Crippen molar-refractivity contribution in [2.24, 2.45) is 11.7 Å². The molecule has 0 spiro atoms. The summed E-state index contributed by atoms with van der Waals surface area (Å²) in [5.74, 6) is -0.0343. The molecule has 0 radical (unpaired) electrons. The summed E-state index contributed by atoms with van der Waals surface area (Å²) < 4.78 is 5.79. The normalized spacial score (nSPS) is 31.5. The zero-order chi connectivity index (χ0) is 13.1. The highest BCUT2D eigenvalue weighted by atomic mass is 16.5. The summed E-state index contributed by atoms with van der Waals surface area (Å²) in [6.45, 7) is 9.05. The quantitative estimate of drug-likeness (QED) is 0.766. The first-order valence-electron chi connectivity index (χ1n) is 6.57. The minimum absolute atomic E-state index is 0.0604. The summed E-state index contributed by atoms with van der Waals surface area (Å²) in [7, 11) is 0. The van der Waals surface area contributed by atoms with Crippen LogP contribution >= 0.6 is 0 Å². The zero-order valence-electron chi connectivity index (χ0n) is 11.5. The lowest BCUT2D eigenvalue weighted by Gasteiger charge is -2.39. The van der Waals surface area contributed by atoms with Crippen LogP contribution in [-0.2, 0) is 9.53 Å². The summed E-state index contributed by atoms with van der Waals surface area (Å²) in [5.41, 5.74) is 5.36. The number of rotatable bonds is 5. The van der Waals surface area contributed by atoms with Crippen LogP contribution in [0.1, 0.15) is 47.0 Å². The summed E-state index contributed by atoms with van der Waals surface area (Å²) in [4.78, 5) is 11.4. The van der Waals surface area contributed by atoms with E-state index in [0.717, 1.165) is 25.9 Å². The number of hydrogen-bond acceptors (Lipinski definition) is 3. The highest BCUT2D eigenvalue weighted by Crippen LogP contribution is 2.28. The number of carbonyl (C=O) groups is 1. The van der Waals surface area contributed by atoms with E-state index in [2.05, 4.69) is 19.2 Å². The lowest BCUT2D eigenvalue weighted by Crippen LogP contribution is -2.53.